The molecule has 6 heteroatoms. The Kier molecular flexibility index (Phi) is 3.89. The maximum absolute atomic E-state index is 14.0. The van der Waals surface area contributed by atoms with E-state index in [1.165, 1.54) is 19.2 Å². The number of hydrogen-bond donors (Lipinski definition) is 1. The Hall–Kier alpha value is -3.02. The van der Waals surface area contributed by atoms with Gasteiger partial charge in [0.25, 0.3) is 0 Å². The summed E-state index contributed by atoms with van der Waals surface area (Å²) >= 11 is 0. The highest BCUT2D eigenvalue weighted by Crippen LogP contribution is 2.26. The zero-order valence-electron chi connectivity index (χ0n) is 12.3. The average molecular weight is 312 g/mol. The molecule has 0 spiro atoms. The van der Waals surface area contributed by atoms with E-state index in [1.807, 2.05) is 6.07 Å². The maximum atomic E-state index is 14.0. The number of carbonyl (C=O) groups is 1. The molecule has 1 N–H and O–H groups in total. The largest absolute Gasteiger partial charge is 0.481 e. The zero-order chi connectivity index (χ0) is 16.4. The van der Waals surface area contributed by atoms with Crippen molar-refractivity contribution in [1.82, 2.24) is 9.97 Å². The topological polar surface area (TPSA) is 72.3 Å². The maximum Gasteiger partial charge on any atom is 0.354 e. The summed E-state index contributed by atoms with van der Waals surface area (Å²) in [6.45, 7) is 0. The molecule has 3 rings (SSSR count). The van der Waals surface area contributed by atoms with E-state index in [0.717, 1.165) is 5.56 Å². The lowest BCUT2D eigenvalue weighted by Gasteiger charge is -2.10. The van der Waals surface area contributed by atoms with Gasteiger partial charge in [-0.1, -0.05) is 18.2 Å². The van der Waals surface area contributed by atoms with Crippen LogP contribution in [0.15, 0.2) is 42.6 Å². The van der Waals surface area contributed by atoms with Crippen LogP contribution >= 0.6 is 0 Å². The monoisotopic (exact) mass is 312 g/mol. The minimum atomic E-state index is -1.20. The molecule has 5 nitrogen and oxygen atoms in total. The molecule has 0 fully saturated rings. The van der Waals surface area contributed by atoms with E-state index >= 15 is 0 Å². The Morgan fingerprint density at radius 1 is 1.26 bits per heavy atom. The first kappa shape index (κ1) is 14.9. The van der Waals surface area contributed by atoms with Gasteiger partial charge in [-0.3, -0.25) is 0 Å². The van der Waals surface area contributed by atoms with Gasteiger partial charge in [-0.15, -0.1) is 0 Å². The van der Waals surface area contributed by atoms with Crippen molar-refractivity contribution in [3.05, 3.63) is 65.2 Å². The van der Waals surface area contributed by atoms with Crippen molar-refractivity contribution < 1.29 is 19.0 Å². The van der Waals surface area contributed by atoms with Crippen LogP contribution in [0.4, 0.5) is 4.39 Å². The number of hydrogen-bond acceptors (Lipinski definition) is 4. The molecule has 23 heavy (non-hydrogen) atoms. The lowest BCUT2D eigenvalue weighted by Crippen LogP contribution is -2.05. The molecule has 116 valence electrons. The molecule has 0 bridgehead atoms. The van der Waals surface area contributed by atoms with Crippen molar-refractivity contribution in [3.8, 4) is 5.88 Å². The van der Waals surface area contributed by atoms with Crippen LogP contribution in [-0.4, -0.2) is 28.2 Å². The number of para-hydroxylation sites is 1. The van der Waals surface area contributed by atoms with Crippen LogP contribution in [0.25, 0.3) is 10.9 Å². The second kappa shape index (κ2) is 6.00. The van der Waals surface area contributed by atoms with Gasteiger partial charge in [-0.2, -0.15) is 0 Å². The van der Waals surface area contributed by atoms with Crippen molar-refractivity contribution in [2.75, 3.05) is 7.11 Å². The first-order valence-corrected chi connectivity index (χ1v) is 6.89. The molecule has 0 aliphatic carbocycles. The number of halogens is 1. The minimum Gasteiger partial charge on any atom is -0.481 e. The number of fused-ring (bicyclic) bond motifs is 1. The summed E-state index contributed by atoms with van der Waals surface area (Å²) < 4.78 is 19.2. The van der Waals surface area contributed by atoms with Crippen LogP contribution in [0.2, 0.25) is 0 Å². The number of carboxylic acids is 1. The normalized spacial score (nSPS) is 10.7. The summed E-state index contributed by atoms with van der Waals surface area (Å²) in [5.41, 5.74) is 1.28. The minimum absolute atomic E-state index is 0.0465. The molecule has 0 unspecified atom stereocenters. The highest BCUT2D eigenvalue weighted by Gasteiger charge is 2.15. The Bertz CT molecular complexity index is 896. The second-order valence-electron chi connectivity index (χ2n) is 4.96. The highest BCUT2D eigenvalue weighted by molar-refractivity contribution is 5.91. The van der Waals surface area contributed by atoms with Gasteiger partial charge in [0.2, 0.25) is 5.88 Å². The van der Waals surface area contributed by atoms with Crippen molar-refractivity contribution in [1.29, 1.82) is 0 Å². The van der Waals surface area contributed by atoms with Crippen LogP contribution in [0.3, 0.4) is 0 Å². The molecule has 2 heterocycles. The van der Waals surface area contributed by atoms with Crippen molar-refractivity contribution in [3.63, 3.8) is 0 Å². The van der Waals surface area contributed by atoms with Crippen LogP contribution in [0.5, 0.6) is 5.88 Å². The Morgan fingerprint density at radius 2 is 2.09 bits per heavy atom. The van der Waals surface area contributed by atoms with E-state index in [4.69, 9.17) is 4.74 Å². The highest BCUT2D eigenvalue weighted by atomic mass is 19.1. The summed E-state index contributed by atoms with van der Waals surface area (Å²) in [5, 5.41) is 9.77. The predicted octanol–water partition coefficient (Wildman–Crippen LogP) is 3.07. The number of rotatable bonds is 4. The number of ether oxygens (including phenoxy) is 1. The van der Waals surface area contributed by atoms with E-state index in [1.54, 1.807) is 24.4 Å². The predicted molar refractivity (Wildman–Crippen MR) is 82.3 cm³/mol. The van der Waals surface area contributed by atoms with E-state index in [9.17, 15) is 14.3 Å². The van der Waals surface area contributed by atoms with Crippen LogP contribution < -0.4 is 4.74 Å². The molecule has 0 atom stereocenters. The third kappa shape index (κ3) is 2.83. The Balaban J connectivity index is 2.19. The molecule has 0 radical (unpaired) electrons. The zero-order valence-corrected chi connectivity index (χ0v) is 12.3. The molecule has 0 saturated heterocycles. The van der Waals surface area contributed by atoms with E-state index in [2.05, 4.69) is 9.97 Å². The number of nitrogens with zero attached hydrogens (tertiary/aromatic N) is 2. The molecule has 0 aliphatic rings. The number of pyridine rings is 2. The molecule has 3 aromatic rings. The molecule has 1 aromatic carbocycles. The smallest absolute Gasteiger partial charge is 0.354 e. The summed E-state index contributed by atoms with van der Waals surface area (Å²) in [6, 6.07) is 9.60. The number of benzene rings is 1. The standard InChI is InChI=1S/C17H13FN2O3/c1-23-16-10(4-3-7-19-16)8-11-9-14(17(21)22)20-15-12(11)5-2-6-13(15)18/h2-7,9H,8H2,1H3,(H,21,22). The third-order valence-corrected chi connectivity index (χ3v) is 3.52. The summed E-state index contributed by atoms with van der Waals surface area (Å²) in [4.78, 5) is 19.3. The van der Waals surface area contributed by atoms with Crippen LogP contribution in [0, 0.1) is 5.82 Å². The molecule has 0 amide bonds. The van der Waals surface area contributed by atoms with Gasteiger partial charge < -0.3 is 9.84 Å². The van der Waals surface area contributed by atoms with Gasteiger partial charge >= 0.3 is 5.97 Å². The number of aromatic nitrogens is 2. The van der Waals surface area contributed by atoms with E-state index < -0.39 is 11.8 Å². The molecule has 2 aromatic heterocycles. The summed E-state index contributed by atoms with van der Waals surface area (Å²) in [5.74, 6) is -1.30. The first-order chi connectivity index (χ1) is 11.1. The second-order valence-corrected chi connectivity index (χ2v) is 4.96. The number of carboxylic acid groups (broad SMARTS) is 1. The van der Waals surface area contributed by atoms with Crippen molar-refractivity contribution in [2.24, 2.45) is 0 Å². The molecule has 0 aliphatic heterocycles. The van der Waals surface area contributed by atoms with Gasteiger partial charge in [-0.25, -0.2) is 19.2 Å². The fourth-order valence-corrected chi connectivity index (χ4v) is 2.49. The summed E-state index contributed by atoms with van der Waals surface area (Å²) in [6.07, 6.45) is 1.97. The van der Waals surface area contributed by atoms with Gasteiger partial charge in [0.1, 0.15) is 17.0 Å². The number of methoxy groups -OCH3 is 1. The van der Waals surface area contributed by atoms with E-state index in [0.29, 0.717) is 23.3 Å². The third-order valence-electron chi connectivity index (χ3n) is 3.52. The van der Waals surface area contributed by atoms with Gasteiger partial charge in [0, 0.05) is 23.6 Å². The Labute approximate surface area is 131 Å². The fraction of sp³-hybridized carbons (Fsp3) is 0.118. The van der Waals surface area contributed by atoms with Crippen LogP contribution in [-0.2, 0) is 6.42 Å². The first-order valence-electron chi connectivity index (χ1n) is 6.89. The summed E-state index contributed by atoms with van der Waals surface area (Å²) in [7, 11) is 1.51. The van der Waals surface area contributed by atoms with E-state index in [-0.39, 0.29) is 11.2 Å². The quantitative estimate of drug-likeness (QED) is 0.801. The fourth-order valence-electron chi connectivity index (χ4n) is 2.49. The molecular weight excluding hydrogens is 299 g/mol. The van der Waals surface area contributed by atoms with Gasteiger partial charge in [0.15, 0.2) is 0 Å². The lowest BCUT2D eigenvalue weighted by molar-refractivity contribution is 0.0691. The average Bonchev–Trinajstić information content (AvgIpc) is 2.56. The van der Waals surface area contributed by atoms with Crippen LogP contribution in [0.1, 0.15) is 21.6 Å². The molecule has 0 saturated carbocycles. The van der Waals surface area contributed by atoms with Crippen molar-refractivity contribution >= 4 is 16.9 Å². The molecular formula is C17H13FN2O3. The van der Waals surface area contributed by atoms with Gasteiger partial charge in [0.05, 0.1) is 7.11 Å². The SMILES string of the molecule is COc1ncccc1Cc1cc(C(=O)O)nc2c(F)cccc12. The van der Waals surface area contributed by atoms with Gasteiger partial charge in [-0.05, 0) is 23.8 Å². The Morgan fingerprint density at radius 3 is 2.83 bits per heavy atom. The lowest BCUT2D eigenvalue weighted by atomic mass is 10.0. The van der Waals surface area contributed by atoms with Crippen molar-refractivity contribution in [2.45, 2.75) is 6.42 Å². The number of aromatic carboxylic acids is 1.